The van der Waals surface area contributed by atoms with Gasteiger partial charge in [-0.2, -0.15) is 0 Å². The maximum atomic E-state index is 11.5. The summed E-state index contributed by atoms with van der Waals surface area (Å²) in [7, 11) is 0. The van der Waals surface area contributed by atoms with Gasteiger partial charge in [0.1, 0.15) is 0 Å². The lowest BCUT2D eigenvalue weighted by Crippen LogP contribution is -2.17. The summed E-state index contributed by atoms with van der Waals surface area (Å²) in [6.45, 7) is 15.2. The maximum absolute atomic E-state index is 11.5. The van der Waals surface area contributed by atoms with Gasteiger partial charge in [0.15, 0.2) is 0 Å². The van der Waals surface area contributed by atoms with E-state index in [1.165, 1.54) is 33.4 Å². The third-order valence-electron chi connectivity index (χ3n) is 8.71. The van der Waals surface area contributed by atoms with Gasteiger partial charge in [0, 0.05) is 39.2 Å². The van der Waals surface area contributed by atoms with Crippen molar-refractivity contribution in [1.29, 1.82) is 0 Å². The number of hydrogen-bond donors (Lipinski definition) is 4. The molecule has 3 aromatic heterocycles. The Morgan fingerprint density at radius 3 is 2.05 bits per heavy atom. The van der Waals surface area contributed by atoms with E-state index in [0.29, 0.717) is 6.42 Å². The van der Waals surface area contributed by atoms with Crippen molar-refractivity contribution < 1.29 is 9.90 Å². The first kappa shape index (κ1) is 26.8. The van der Waals surface area contributed by atoms with E-state index in [-0.39, 0.29) is 12.5 Å². The molecule has 6 heteroatoms. The molecule has 0 saturated carbocycles. The molecule has 8 bridgehead atoms. The van der Waals surface area contributed by atoms with Crippen LogP contribution in [0.25, 0.3) is 24.3 Å². The number of nitrogens with one attached hydrogen (secondary N) is 3. The molecular formula is C33H40N4O2. The van der Waals surface area contributed by atoms with E-state index in [4.69, 9.17) is 4.99 Å². The van der Waals surface area contributed by atoms with Crippen LogP contribution in [0.2, 0.25) is 0 Å². The van der Waals surface area contributed by atoms with Crippen molar-refractivity contribution in [2.24, 2.45) is 4.99 Å². The molecule has 0 aliphatic carbocycles. The third kappa shape index (κ3) is 4.66. The van der Waals surface area contributed by atoms with Gasteiger partial charge in [0.25, 0.3) is 0 Å². The number of carboxylic acids is 1. The highest BCUT2D eigenvalue weighted by Crippen LogP contribution is 2.27. The largest absolute Gasteiger partial charge is 0.481 e. The third-order valence-corrected chi connectivity index (χ3v) is 8.71. The molecule has 4 N–H and O–H groups in total. The molecule has 5 heterocycles. The van der Waals surface area contributed by atoms with Gasteiger partial charge < -0.3 is 20.1 Å². The molecule has 0 spiro atoms. The number of carboxylic acid groups (broad SMARTS) is 1. The van der Waals surface area contributed by atoms with E-state index in [9.17, 15) is 9.90 Å². The smallest absolute Gasteiger partial charge is 0.303 e. The number of nitrogens with zero attached hydrogens (tertiary/aromatic N) is 1. The van der Waals surface area contributed by atoms with E-state index >= 15 is 0 Å². The normalized spacial score (nSPS) is 16.4. The molecule has 6 nitrogen and oxygen atoms in total. The number of hydrogen-bond acceptors (Lipinski definition) is 2. The summed E-state index contributed by atoms with van der Waals surface area (Å²) in [4.78, 5) is 27.8. The Kier molecular flexibility index (Phi) is 7.15. The average molecular weight is 525 g/mol. The molecule has 3 aromatic rings. The number of aromatic nitrogens is 3. The summed E-state index contributed by atoms with van der Waals surface area (Å²) < 4.78 is 0. The van der Waals surface area contributed by atoms with Crippen LogP contribution >= 0.6 is 0 Å². The average Bonchev–Trinajstić information content (AvgIpc) is 3.55. The Balaban J connectivity index is 1.89. The van der Waals surface area contributed by atoms with E-state index in [1.807, 2.05) is 0 Å². The van der Waals surface area contributed by atoms with Crippen LogP contribution in [0.3, 0.4) is 0 Å². The van der Waals surface area contributed by atoms with Crippen molar-refractivity contribution in [3.8, 4) is 0 Å². The first-order chi connectivity index (χ1) is 18.7. The summed E-state index contributed by atoms with van der Waals surface area (Å²) in [6.07, 6.45) is 12.2. The first-order valence-electron chi connectivity index (χ1n) is 14.2. The quantitative estimate of drug-likeness (QED) is 0.397. The molecule has 5 rings (SSSR count). The van der Waals surface area contributed by atoms with Crippen molar-refractivity contribution in [3.63, 3.8) is 0 Å². The van der Waals surface area contributed by atoms with Gasteiger partial charge in [-0.05, 0) is 122 Å². The molecule has 204 valence electrons. The predicted octanol–water partition coefficient (Wildman–Crippen LogP) is 3.52. The molecule has 0 amide bonds. The molecule has 2 aliphatic rings. The van der Waals surface area contributed by atoms with Gasteiger partial charge in [0.2, 0.25) is 0 Å². The molecule has 0 radical (unpaired) electrons. The summed E-state index contributed by atoms with van der Waals surface area (Å²) in [5.74, 6) is -0.786. The minimum Gasteiger partial charge on any atom is -0.481 e. The Morgan fingerprint density at radius 1 is 0.769 bits per heavy atom. The zero-order valence-electron chi connectivity index (χ0n) is 24.2. The highest BCUT2D eigenvalue weighted by molar-refractivity contribution is 6.22. The van der Waals surface area contributed by atoms with Gasteiger partial charge in [0.05, 0.1) is 11.8 Å². The van der Waals surface area contributed by atoms with E-state index < -0.39 is 5.97 Å². The lowest BCUT2D eigenvalue weighted by atomic mass is 9.98. The fraction of sp³-hybridized carbons (Fsp3) is 0.394. The van der Waals surface area contributed by atoms with Gasteiger partial charge in [-0.3, -0.25) is 9.79 Å². The highest BCUT2D eigenvalue weighted by Gasteiger charge is 2.23. The summed E-state index contributed by atoms with van der Waals surface area (Å²) in [5, 5.41) is 13.7. The van der Waals surface area contributed by atoms with Gasteiger partial charge in [-0.15, -0.1) is 0 Å². The zero-order chi connectivity index (χ0) is 28.0. The Bertz CT molecular complexity index is 1790. The van der Waals surface area contributed by atoms with Crippen LogP contribution in [0.5, 0.6) is 0 Å². The van der Waals surface area contributed by atoms with Crippen LogP contribution in [-0.2, 0) is 24.1 Å². The standard InChI is InChI=1S/C33H40N4O2/c1-8-21-17(4)25-13-26-20(7)24(11-12-33(38)39)32(37-26)16-31-23(10-3)19(6)28(36-31)15-30-22(9-2)18(5)27(35-30)14-29(21)34-25/h13-16,31,34-35,37H,8-12H2,1-7H3,(H,38,39). The van der Waals surface area contributed by atoms with E-state index in [2.05, 4.69) is 87.7 Å². The molecule has 39 heavy (non-hydrogen) atoms. The second kappa shape index (κ2) is 10.4. The van der Waals surface area contributed by atoms with Gasteiger partial charge in [-0.25, -0.2) is 0 Å². The SMILES string of the molecule is CCC1=C(C)C2=NC1C=c1[nH]c(c(C)c1CCC(=O)O)=Cc1[nH]c(c(CC)c1C)C=c1[nH]c(c(CC)c1C)=C2. The van der Waals surface area contributed by atoms with Gasteiger partial charge in [-0.1, -0.05) is 20.8 Å². The second-order valence-corrected chi connectivity index (χ2v) is 10.8. The van der Waals surface area contributed by atoms with Crippen LogP contribution < -0.4 is 21.4 Å². The Morgan fingerprint density at radius 2 is 1.41 bits per heavy atom. The fourth-order valence-corrected chi connectivity index (χ4v) is 6.38. The summed E-state index contributed by atoms with van der Waals surface area (Å²) in [6, 6.07) is -0.0821. The summed E-state index contributed by atoms with van der Waals surface area (Å²) in [5.41, 5.74) is 13.0. The van der Waals surface area contributed by atoms with Crippen LogP contribution in [0.4, 0.5) is 0 Å². The number of allylic oxidation sites excluding steroid dienone is 1. The van der Waals surface area contributed by atoms with E-state index in [1.54, 1.807) is 0 Å². The zero-order valence-corrected chi connectivity index (χ0v) is 24.2. The number of fused-ring (bicyclic) bond motifs is 7. The van der Waals surface area contributed by atoms with Crippen LogP contribution in [0.15, 0.2) is 16.1 Å². The number of aliphatic imine (C=N–C) groups is 1. The van der Waals surface area contributed by atoms with E-state index in [0.717, 1.165) is 68.9 Å². The van der Waals surface area contributed by atoms with Crippen LogP contribution in [0.1, 0.15) is 85.3 Å². The minimum atomic E-state index is -0.786. The number of carbonyl (C=O) groups is 1. The van der Waals surface area contributed by atoms with Crippen LogP contribution in [0, 0.1) is 20.8 Å². The Hall–Kier alpha value is -3.80. The number of aliphatic carboxylic acids is 1. The van der Waals surface area contributed by atoms with Crippen molar-refractivity contribution in [2.75, 3.05) is 0 Å². The van der Waals surface area contributed by atoms with Crippen molar-refractivity contribution in [2.45, 2.75) is 86.6 Å². The van der Waals surface area contributed by atoms with Crippen LogP contribution in [-0.4, -0.2) is 37.8 Å². The lowest BCUT2D eigenvalue weighted by Gasteiger charge is -2.07. The molecular weight excluding hydrogens is 484 g/mol. The predicted molar refractivity (Wildman–Crippen MR) is 160 cm³/mol. The van der Waals surface area contributed by atoms with Crippen molar-refractivity contribution in [3.05, 3.63) is 77.3 Å². The molecule has 1 atom stereocenters. The number of aromatic amines is 3. The summed E-state index contributed by atoms with van der Waals surface area (Å²) >= 11 is 0. The topological polar surface area (TPSA) is 97.0 Å². The number of H-pyrrole nitrogens is 3. The first-order valence-corrected chi connectivity index (χ1v) is 14.2. The molecule has 0 fully saturated rings. The monoisotopic (exact) mass is 524 g/mol. The second-order valence-electron chi connectivity index (χ2n) is 10.8. The van der Waals surface area contributed by atoms with Crippen molar-refractivity contribution >= 4 is 36.0 Å². The fourth-order valence-electron chi connectivity index (χ4n) is 6.38. The molecule has 2 aliphatic heterocycles. The lowest BCUT2D eigenvalue weighted by molar-refractivity contribution is -0.136. The highest BCUT2D eigenvalue weighted by atomic mass is 16.4. The number of rotatable bonds is 6. The molecule has 1 unspecified atom stereocenters. The molecule has 0 aromatic carbocycles. The maximum Gasteiger partial charge on any atom is 0.303 e. The molecule has 0 saturated heterocycles. The Labute approximate surface area is 229 Å². The van der Waals surface area contributed by atoms with Crippen molar-refractivity contribution in [1.82, 2.24) is 15.0 Å². The van der Waals surface area contributed by atoms with Gasteiger partial charge >= 0.3 is 5.97 Å². The minimum absolute atomic E-state index is 0.0821.